The molecule has 1 amide bonds. The molecule has 2 aliphatic rings. The van der Waals surface area contributed by atoms with E-state index in [-0.39, 0.29) is 17.7 Å². The second-order valence-electron chi connectivity index (χ2n) is 6.96. The fraction of sp³-hybridized carbons (Fsp3) is 0.471. The van der Waals surface area contributed by atoms with Crippen molar-refractivity contribution in [1.29, 1.82) is 0 Å². The summed E-state index contributed by atoms with van der Waals surface area (Å²) in [5, 5.41) is 8.18. The van der Waals surface area contributed by atoms with E-state index in [9.17, 15) is 17.6 Å². The number of amides is 1. The molecule has 0 N–H and O–H groups in total. The molecule has 0 spiro atoms. The van der Waals surface area contributed by atoms with Gasteiger partial charge in [-0.2, -0.15) is 4.31 Å². The highest BCUT2D eigenvalue weighted by atomic mass is 32.2. The fourth-order valence-electron chi connectivity index (χ4n) is 3.32. The molecule has 1 aromatic heterocycles. The van der Waals surface area contributed by atoms with Crippen molar-refractivity contribution in [3.05, 3.63) is 47.5 Å². The molecule has 0 bridgehead atoms. The molecule has 2 fully saturated rings. The first kappa shape index (κ1) is 18.1. The molecule has 2 aromatic rings. The van der Waals surface area contributed by atoms with Crippen LogP contribution in [0.15, 0.2) is 30.5 Å². The first-order valence-corrected chi connectivity index (χ1v) is 10.4. The van der Waals surface area contributed by atoms with Gasteiger partial charge in [-0.1, -0.05) is 17.3 Å². The average molecular weight is 393 g/mol. The number of hydrogen-bond donors (Lipinski definition) is 0. The van der Waals surface area contributed by atoms with Gasteiger partial charge in [-0.25, -0.2) is 17.5 Å². The zero-order chi connectivity index (χ0) is 19.0. The van der Waals surface area contributed by atoms with E-state index in [0.29, 0.717) is 37.3 Å². The van der Waals surface area contributed by atoms with Crippen molar-refractivity contribution in [2.24, 2.45) is 0 Å². The molecule has 0 atom stereocenters. The molecular weight excluding hydrogens is 373 g/mol. The molecule has 0 radical (unpaired) electrons. The standard InChI is InChI=1S/C17H20FN5O3S/c18-14-5-3-13(4-6-14)12-27(25,26)22-10-16(11-22)23-9-15(19-20-23)8-21-7-1-2-17(21)24/h3-6,9,16H,1-2,7-8,10-12H2. The predicted molar refractivity (Wildman–Crippen MR) is 94.3 cm³/mol. The molecule has 8 nitrogen and oxygen atoms in total. The monoisotopic (exact) mass is 393 g/mol. The molecule has 27 heavy (non-hydrogen) atoms. The van der Waals surface area contributed by atoms with Crippen LogP contribution in [0.2, 0.25) is 0 Å². The molecule has 2 saturated heterocycles. The van der Waals surface area contributed by atoms with Gasteiger partial charge in [0.15, 0.2) is 0 Å². The zero-order valence-electron chi connectivity index (χ0n) is 14.7. The Balaban J connectivity index is 1.33. The van der Waals surface area contributed by atoms with Gasteiger partial charge in [0.05, 0.1) is 24.5 Å². The van der Waals surface area contributed by atoms with Crippen molar-refractivity contribution in [2.45, 2.75) is 31.2 Å². The van der Waals surface area contributed by atoms with Crippen LogP contribution in [0.1, 0.15) is 30.1 Å². The summed E-state index contributed by atoms with van der Waals surface area (Å²) in [4.78, 5) is 13.4. The summed E-state index contributed by atoms with van der Waals surface area (Å²) in [6.45, 7) is 1.84. The number of aromatic nitrogens is 3. The smallest absolute Gasteiger partial charge is 0.222 e. The number of carbonyl (C=O) groups excluding carboxylic acids is 1. The molecule has 2 aliphatic heterocycles. The van der Waals surface area contributed by atoms with Crippen molar-refractivity contribution >= 4 is 15.9 Å². The normalized spacial score (nSPS) is 18.9. The molecule has 10 heteroatoms. The Hall–Kier alpha value is -2.33. The molecule has 0 saturated carbocycles. The maximum absolute atomic E-state index is 12.9. The lowest BCUT2D eigenvalue weighted by atomic mass is 10.2. The van der Waals surface area contributed by atoms with Crippen molar-refractivity contribution < 1.29 is 17.6 Å². The van der Waals surface area contributed by atoms with Crippen LogP contribution in [0.3, 0.4) is 0 Å². The summed E-state index contributed by atoms with van der Waals surface area (Å²) < 4.78 is 40.9. The summed E-state index contributed by atoms with van der Waals surface area (Å²) in [6, 6.07) is 5.40. The van der Waals surface area contributed by atoms with Crippen LogP contribution in [0.4, 0.5) is 4.39 Å². The van der Waals surface area contributed by atoms with E-state index in [1.807, 2.05) is 0 Å². The molecule has 3 heterocycles. The maximum Gasteiger partial charge on any atom is 0.222 e. The van der Waals surface area contributed by atoms with Gasteiger partial charge in [-0.05, 0) is 24.1 Å². The molecular formula is C17H20FN5O3S. The van der Waals surface area contributed by atoms with Crippen LogP contribution in [0, 0.1) is 5.82 Å². The Labute approximate surface area is 156 Å². The van der Waals surface area contributed by atoms with Gasteiger partial charge in [-0.15, -0.1) is 5.10 Å². The Morgan fingerprint density at radius 2 is 1.93 bits per heavy atom. The van der Waals surface area contributed by atoms with Crippen molar-refractivity contribution in [3.8, 4) is 0 Å². The van der Waals surface area contributed by atoms with Gasteiger partial charge in [0.2, 0.25) is 15.9 Å². The number of carbonyl (C=O) groups is 1. The van der Waals surface area contributed by atoms with Crippen molar-refractivity contribution in [2.75, 3.05) is 19.6 Å². The minimum Gasteiger partial charge on any atom is -0.337 e. The van der Waals surface area contributed by atoms with Crippen LogP contribution in [0.5, 0.6) is 0 Å². The van der Waals surface area contributed by atoms with Gasteiger partial charge < -0.3 is 4.90 Å². The van der Waals surface area contributed by atoms with Crippen molar-refractivity contribution in [1.82, 2.24) is 24.2 Å². The zero-order valence-corrected chi connectivity index (χ0v) is 15.5. The number of rotatable bonds is 6. The van der Waals surface area contributed by atoms with Crippen molar-refractivity contribution in [3.63, 3.8) is 0 Å². The third kappa shape index (κ3) is 3.86. The molecule has 1 aromatic carbocycles. The number of sulfonamides is 1. The quantitative estimate of drug-likeness (QED) is 0.728. The minimum absolute atomic E-state index is 0.0662. The first-order valence-electron chi connectivity index (χ1n) is 8.81. The largest absolute Gasteiger partial charge is 0.337 e. The van der Waals surface area contributed by atoms with E-state index in [0.717, 1.165) is 13.0 Å². The van der Waals surface area contributed by atoms with E-state index in [2.05, 4.69) is 10.3 Å². The maximum atomic E-state index is 12.9. The van der Waals surface area contributed by atoms with E-state index in [1.54, 1.807) is 15.8 Å². The number of hydrogen-bond acceptors (Lipinski definition) is 5. The Morgan fingerprint density at radius 3 is 2.59 bits per heavy atom. The topological polar surface area (TPSA) is 88.4 Å². The number of benzene rings is 1. The van der Waals surface area contributed by atoms with Crippen LogP contribution in [0.25, 0.3) is 0 Å². The summed E-state index contributed by atoms with van der Waals surface area (Å²) in [7, 11) is -3.45. The molecule has 0 aliphatic carbocycles. The summed E-state index contributed by atoms with van der Waals surface area (Å²) in [5.41, 5.74) is 1.26. The SMILES string of the molecule is O=C1CCCN1Cc1cn(C2CN(S(=O)(=O)Cc3ccc(F)cc3)C2)nn1. The summed E-state index contributed by atoms with van der Waals surface area (Å²) in [5.74, 6) is -0.413. The fourth-order valence-corrected chi connectivity index (χ4v) is 4.92. The third-order valence-corrected chi connectivity index (χ3v) is 6.72. The lowest BCUT2D eigenvalue weighted by Crippen LogP contribution is -2.51. The van der Waals surface area contributed by atoms with Crippen LogP contribution < -0.4 is 0 Å². The number of halogens is 1. The molecule has 4 rings (SSSR count). The van der Waals surface area contributed by atoms with E-state index >= 15 is 0 Å². The highest BCUT2D eigenvalue weighted by molar-refractivity contribution is 7.88. The highest BCUT2D eigenvalue weighted by Gasteiger charge is 2.37. The molecule has 144 valence electrons. The Morgan fingerprint density at radius 1 is 1.19 bits per heavy atom. The van der Waals surface area contributed by atoms with Gasteiger partial charge in [0.1, 0.15) is 11.5 Å². The molecule has 0 unspecified atom stereocenters. The van der Waals surface area contributed by atoms with E-state index < -0.39 is 15.8 Å². The van der Waals surface area contributed by atoms with Crippen LogP contribution in [-0.2, 0) is 27.1 Å². The number of nitrogens with zero attached hydrogens (tertiary/aromatic N) is 5. The van der Waals surface area contributed by atoms with E-state index in [1.165, 1.54) is 28.6 Å². The van der Waals surface area contributed by atoms with Crippen LogP contribution >= 0.6 is 0 Å². The van der Waals surface area contributed by atoms with Gasteiger partial charge in [0, 0.05) is 26.1 Å². The minimum atomic E-state index is -3.45. The summed E-state index contributed by atoms with van der Waals surface area (Å²) >= 11 is 0. The second kappa shape index (κ2) is 7.01. The second-order valence-corrected chi connectivity index (χ2v) is 8.93. The lowest BCUT2D eigenvalue weighted by molar-refractivity contribution is -0.128. The third-order valence-electron chi connectivity index (χ3n) is 4.94. The predicted octanol–water partition coefficient (Wildman–Crippen LogP) is 0.926. The first-order chi connectivity index (χ1) is 12.9. The Kier molecular flexibility index (Phi) is 4.68. The van der Waals surface area contributed by atoms with Gasteiger partial charge in [-0.3, -0.25) is 4.79 Å². The van der Waals surface area contributed by atoms with E-state index in [4.69, 9.17) is 0 Å². The highest BCUT2D eigenvalue weighted by Crippen LogP contribution is 2.26. The van der Waals surface area contributed by atoms with Gasteiger partial charge >= 0.3 is 0 Å². The van der Waals surface area contributed by atoms with Crippen LogP contribution in [-0.4, -0.2) is 58.2 Å². The average Bonchev–Trinajstić information content (AvgIpc) is 3.18. The summed E-state index contributed by atoms with van der Waals surface area (Å²) in [6.07, 6.45) is 3.23. The number of likely N-dealkylation sites (tertiary alicyclic amines) is 1. The Bertz CT molecular complexity index is 938. The van der Waals surface area contributed by atoms with Gasteiger partial charge in [0.25, 0.3) is 0 Å². The lowest BCUT2D eigenvalue weighted by Gasteiger charge is -2.37.